The molecular weight excluding hydrogens is 1260 g/mol. The minimum absolute atomic E-state index is 0.0720. The van der Waals surface area contributed by atoms with Crippen molar-refractivity contribution in [3.05, 3.63) is 0 Å². The maximum Gasteiger partial charge on any atom is 0.248 e. The highest BCUT2D eigenvalue weighted by Gasteiger charge is 2.51. The number of carbonyl (C=O) groups is 12. The summed E-state index contributed by atoms with van der Waals surface area (Å²) in [5.41, 5.74) is -1.50. The van der Waals surface area contributed by atoms with Crippen LogP contribution in [0.25, 0.3) is 0 Å². The third-order valence-corrected chi connectivity index (χ3v) is 22.8. The number of amides is 12. The lowest BCUT2D eigenvalue weighted by atomic mass is 9.84. The minimum atomic E-state index is -1.50. The Morgan fingerprint density at radius 2 is 1.17 bits per heavy atom. The zero-order valence-electron chi connectivity index (χ0n) is 57.2. The molecule has 0 aromatic carbocycles. The molecule has 3 aliphatic heterocycles. The number of nitrogens with zero attached hydrogens (tertiary/aromatic N) is 9. The molecule has 27 heteroatoms. The van der Waals surface area contributed by atoms with Gasteiger partial charge in [-0.15, -0.1) is 34.8 Å². The number of alkyl halides is 3. The number of carbonyl (C=O) groups excluding carboxylic acids is 12. The second kappa shape index (κ2) is 34.4. The molecule has 6 aliphatic rings. The largest absolute Gasteiger partial charge is 0.343 e. The Labute approximate surface area is 566 Å². The van der Waals surface area contributed by atoms with Crippen LogP contribution in [0.4, 0.5) is 0 Å². The number of likely N-dealkylation sites (N-methyl/N-ethyl adjacent to an activating group) is 7. The number of hydrogen-bond donors (Lipinski definition) is 3. The van der Waals surface area contributed by atoms with Crippen LogP contribution in [-0.2, 0) is 57.5 Å². The average Bonchev–Trinajstić information content (AvgIpc) is 1.77. The van der Waals surface area contributed by atoms with Gasteiger partial charge in [0.25, 0.3) is 0 Å². The zero-order valence-corrected chi connectivity index (χ0v) is 59.5. The number of hydrogen-bond acceptors (Lipinski definition) is 12. The number of fused-ring (bicyclic) bond motifs is 1. The molecule has 0 radical (unpaired) electrons. The predicted molar refractivity (Wildman–Crippen MR) is 354 cm³/mol. The van der Waals surface area contributed by atoms with Gasteiger partial charge in [0.05, 0.1) is 42.2 Å². The van der Waals surface area contributed by atoms with Crippen molar-refractivity contribution < 1.29 is 57.5 Å². The van der Waals surface area contributed by atoms with Crippen LogP contribution in [0, 0.1) is 23.7 Å². The Morgan fingerprint density at radius 3 is 1.77 bits per heavy atom. The van der Waals surface area contributed by atoms with E-state index in [9.17, 15) is 43.2 Å². The van der Waals surface area contributed by atoms with Gasteiger partial charge >= 0.3 is 0 Å². The highest BCUT2D eigenvalue weighted by molar-refractivity contribution is 6.35. The molecule has 6 fully saturated rings. The van der Waals surface area contributed by atoms with Crippen molar-refractivity contribution in [1.82, 2.24) is 60.0 Å². The van der Waals surface area contributed by atoms with Crippen LogP contribution in [-0.4, -0.2) is 268 Å². The SMILES string of the molecule is CC[C@H](C)[C@@H]1NC(=O)[C@H](C)N(C)C(=O)C[C@@H](C(=O)N2CCCCC2)N(C)C(=O)[C@H](C(C)C)N(C)C(=O)C2(CCCC2)NC(=O)[C@@H]2CCCN2C(=O)[C@H](CCC2CC(Cl)C(Cl)C(Cl)C2)NC(=O)CN(C)C(=O)[C@H](CC2CCCCC2)N(C)C(=O)CN(C)C(=O)CN(C)C1=O. The predicted octanol–water partition coefficient (Wildman–Crippen LogP) is 4.18. The van der Waals surface area contributed by atoms with Crippen molar-refractivity contribution >= 4 is 106 Å². The first-order valence-electron chi connectivity index (χ1n) is 34.1. The van der Waals surface area contributed by atoms with Gasteiger partial charge in [-0.3, -0.25) is 57.5 Å². The zero-order chi connectivity index (χ0) is 68.9. The summed E-state index contributed by atoms with van der Waals surface area (Å²) in [4.78, 5) is 188. The minimum Gasteiger partial charge on any atom is -0.343 e. The second-order valence-electron chi connectivity index (χ2n) is 28.1. The van der Waals surface area contributed by atoms with Crippen LogP contribution in [0.1, 0.15) is 169 Å². The molecule has 1 spiro atoms. The summed E-state index contributed by atoms with van der Waals surface area (Å²) in [6.07, 6.45) is 10.8. The molecule has 10 atom stereocenters. The molecular formula is C66H107Cl3N12O12. The van der Waals surface area contributed by atoms with E-state index in [0.717, 1.165) is 53.2 Å². The van der Waals surface area contributed by atoms with Crippen molar-refractivity contribution in [2.45, 2.75) is 233 Å². The topological polar surface area (TPSA) is 270 Å². The van der Waals surface area contributed by atoms with Gasteiger partial charge in [-0.2, -0.15) is 0 Å². The first kappa shape index (κ1) is 76.5. The molecule has 3 saturated heterocycles. The number of piperidine rings is 1. The molecule has 3 heterocycles. The summed E-state index contributed by atoms with van der Waals surface area (Å²) in [5.74, 6) is -8.14. The lowest BCUT2D eigenvalue weighted by Gasteiger charge is -2.42. The van der Waals surface area contributed by atoms with Crippen molar-refractivity contribution in [2.75, 3.05) is 88.6 Å². The van der Waals surface area contributed by atoms with E-state index in [1.54, 1.807) is 25.7 Å². The molecule has 524 valence electrons. The van der Waals surface area contributed by atoms with E-state index < -0.39 is 173 Å². The third kappa shape index (κ3) is 19.2. The van der Waals surface area contributed by atoms with Gasteiger partial charge in [0.15, 0.2) is 0 Å². The van der Waals surface area contributed by atoms with Gasteiger partial charge in [0.1, 0.15) is 47.8 Å². The lowest BCUT2D eigenvalue weighted by Crippen LogP contribution is -2.65. The number of rotatable bonds is 9. The van der Waals surface area contributed by atoms with E-state index in [-0.39, 0.29) is 50.5 Å². The molecule has 3 N–H and O–H groups in total. The Morgan fingerprint density at radius 1 is 0.581 bits per heavy atom. The van der Waals surface area contributed by atoms with Crippen LogP contribution < -0.4 is 16.0 Å². The van der Waals surface area contributed by atoms with E-state index in [1.807, 2.05) is 6.92 Å². The highest BCUT2D eigenvalue weighted by atomic mass is 35.5. The maximum absolute atomic E-state index is 15.3. The molecule has 0 aromatic heterocycles. The van der Waals surface area contributed by atoms with E-state index in [2.05, 4.69) is 16.0 Å². The van der Waals surface area contributed by atoms with Crippen LogP contribution in [0.15, 0.2) is 0 Å². The second-order valence-corrected chi connectivity index (χ2v) is 29.7. The first-order valence-corrected chi connectivity index (χ1v) is 35.4. The van der Waals surface area contributed by atoms with E-state index >= 15 is 14.4 Å². The molecule has 0 aromatic rings. The van der Waals surface area contributed by atoms with Crippen molar-refractivity contribution in [3.8, 4) is 0 Å². The Balaban J connectivity index is 1.38. The van der Waals surface area contributed by atoms with Gasteiger partial charge in [-0.1, -0.05) is 79.1 Å². The van der Waals surface area contributed by atoms with Crippen LogP contribution in [0.3, 0.4) is 0 Å². The first-order chi connectivity index (χ1) is 43.8. The van der Waals surface area contributed by atoms with E-state index in [4.69, 9.17) is 34.8 Å². The summed E-state index contributed by atoms with van der Waals surface area (Å²) >= 11 is 19.9. The van der Waals surface area contributed by atoms with Crippen LogP contribution in [0.2, 0.25) is 0 Å². The van der Waals surface area contributed by atoms with Gasteiger partial charge in [-0.25, -0.2) is 0 Å². The summed E-state index contributed by atoms with van der Waals surface area (Å²) in [6, 6.07) is -8.23. The number of likely N-dealkylation sites (tertiary alicyclic amines) is 1. The van der Waals surface area contributed by atoms with Crippen LogP contribution >= 0.6 is 34.8 Å². The molecule has 3 aliphatic carbocycles. The van der Waals surface area contributed by atoms with Crippen molar-refractivity contribution in [2.24, 2.45) is 23.7 Å². The number of halogens is 3. The van der Waals surface area contributed by atoms with Crippen LogP contribution in [0.5, 0.6) is 0 Å². The Kier molecular flexibility index (Phi) is 28.3. The highest BCUT2D eigenvalue weighted by Crippen LogP contribution is 2.38. The maximum atomic E-state index is 15.3. The van der Waals surface area contributed by atoms with Crippen molar-refractivity contribution in [3.63, 3.8) is 0 Å². The summed E-state index contributed by atoms with van der Waals surface area (Å²) < 4.78 is 0. The Hall–Kier alpha value is -5.49. The van der Waals surface area contributed by atoms with Gasteiger partial charge in [-0.05, 0) is 108 Å². The molecule has 12 amide bonds. The standard InChI is InChI=1S/C66H107Cl3N12O12/c1-13-41(4)56-63(91)75(8)38-53(84)73(6)39-54(85)77(10)49(35-43-23-16-14-17-24-43)61(89)74(7)37-51(82)70-47(27-26-44-33-45(67)55(69)46(68)34-44)60(88)81-32-22-25-48(81)59(87)72-66(28-18-19-29-66)65(93)79(12)57(40(2)3)64(92)78(11)50(62(90)80-30-20-15-21-31-80)36-52(83)76(9)42(5)58(86)71-56/h40-50,55-57H,13-39H2,1-12H3,(H,70,82)(H,71,86)(H,72,87)/t41-,42-,44?,45?,46?,47-,48-,49-,50-,55?,56-,57-/m0/s1. The molecule has 2 unspecified atom stereocenters. The molecule has 93 heavy (non-hydrogen) atoms. The molecule has 6 rings (SSSR count). The fraction of sp³-hybridized carbons (Fsp3) is 0.818. The summed E-state index contributed by atoms with van der Waals surface area (Å²) in [6.45, 7) is 8.07. The summed E-state index contributed by atoms with van der Waals surface area (Å²) in [7, 11) is 10.1. The van der Waals surface area contributed by atoms with Gasteiger partial charge in [0.2, 0.25) is 70.9 Å². The average molecular weight is 1370 g/mol. The molecule has 0 bridgehead atoms. The van der Waals surface area contributed by atoms with E-state index in [0.29, 0.717) is 70.9 Å². The van der Waals surface area contributed by atoms with Gasteiger partial charge in [0, 0.05) is 69.0 Å². The molecule has 24 nitrogen and oxygen atoms in total. The molecule has 3 saturated carbocycles. The lowest BCUT2D eigenvalue weighted by molar-refractivity contribution is -0.156. The van der Waals surface area contributed by atoms with Crippen molar-refractivity contribution in [1.29, 1.82) is 0 Å². The van der Waals surface area contributed by atoms with Gasteiger partial charge < -0.3 is 60.0 Å². The quantitative estimate of drug-likeness (QED) is 0.275. The smallest absolute Gasteiger partial charge is 0.248 e. The van der Waals surface area contributed by atoms with E-state index in [1.165, 1.54) is 80.8 Å². The Bertz CT molecular complexity index is 2680. The summed E-state index contributed by atoms with van der Waals surface area (Å²) in [5, 5.41) is 7.46. The third-order valence-electron chi connectivity index (χ3n) is 21.0. The normalized spacial score (nSPS) is 30.9. The monoisotopic (exact) mass is 1360 g/mol. The number of nitrogens with one attached hydrogen (secondary N) is 3. The fourth-order valence-corrected chi connectivity index (χ4v) is 15.7. The fourth-order valence-electron chi connectivity index (χ4n) is 14.6.